The SMILES string of the molecule is CC(C(=O)NCCN1C(C)CCCC1C)c1ccc(Nc2nc(C(F)(F)F)cs2)cc1. The Morgan fingerprint density at radius 3 is 2.45 bits per heavy atom. The number of piperidine rings is 1. The van der Waals surface area contributed by atoms with Gasteiger partial charge in [0.05, 0.1) is 5.92 Å². The minimum atomic E-state index is -4.45. The molecular weight excluding hydrogens is 425 g/mol. The third-order valence-electron chi connectivity index (χ3n) is 5.90. The number of amides is 1. The molecule has 1 saturated heterocycles. The molecule has 0 radical (unpaired) electrons. The minimum Gasteiger partial charge on any atom is -0.354 e. The Morgan fingerprint density at radius 1 is 1.23 bits per heavy atom. The van der Waals surface area contributed by atoms with Gasteiger partial charge in [-0.25, -0.2) is 4.98 Å². The van der Waals surface area contributed by atoms with Crippen LogP contribution in [-0.2, 0) is 11.0 Å². The fourth-order valence-corrected chi connectivity index (χ4v) is 4.71. The number of thiazole rings is 1. The highest BCUT2D eigenvalue weighted by Gasteiger charge is 2.33. The van der Waals surface area contributed by atoms with E-state index in [4.69, 9.17) is 0 Å². The average Bonchev–Trinajstić information content (AvgIpc) is 3.19. The predicted octanol–water partition coefficient (Wildman–Crippen LogP) is 5.39. The first-order valence-corrected chi connectivity index (χ1v) is 11.5. The molecule has 1 aliphatic rings. The van der Waals surface area contributed by atoms with Gasteiger partial charge in [0.1, 0.15) is 0 Å². The van der Waals surface area contributed by atoms with E-state index in [1.54, 1.807) is 24.3 Å². The van der Waals surface area contributed by atoms with Crippen LogP contribution in [0.25, 0.3) is 0 Å². The van der Waals surface area contributed by atoms with Crippen LogP contribution in [0.4, 0.5) is 24.0 Å². The Balaban J connectivity index is 1.50. The summed E-state index contributed by atoms with van der Waals surface area (Å²) in [4.78, 5) is 18.6. The molecule has 1 aromatic heterocycles. The molecule has 0 aliphatic carbocycles. The first-order valence-electron chi connectivity index (χ1n) is 10.6. The number of hydrogen-bond donors (Lipinski definition) is 2. The lowest BCUT2D eigenvalue weighted by Gasteiger charge is -2.39. The van der Waals surface area contributed by atoms with Crippen LogP contribution in [0.2, 0.25) is 0 Å². The zero-order valence-electron chi connectivity index (χ0n) is 18.0. The van der Waals surface area contributed by atoms with E-state index in [1.165, 1.54) is 19.3 Å². The number of rotatable bonds is 7. The third kappa shape index (κ3) is 6.20. The highest BCUT2D eigenvalue weighted by molar-refractivity contribution is 7.13. The van der Waals surface area contributed by atoms with Gasteiger partial charge in [-0.15, -0.1) is 11.3 Å². The zero-order chi connectivity index (χ0) is 22.6. The standard InChI is InChI=1S/C22H29F3N4OS/c1-14-5-4-6-15(2)29(14)12-11-26-20(30)16(3)17-7-9-18(10-8-17)27-21-28-19(13-31-21)22(23,24)25/h7-10,13-16H,4-6,11-12H2,1-3H3,(H,26,30)(H,27,28). The molecule has 0 bridgehead atoms. The van der Waals surface area contributed by atoms with E-state index in [9.17, 15) is 18.0 Å². The molecule has 0 saturated carbocycles. The molecule has 9 heteroatoms. The molecule has 2 heterocycles. The maximum atomic E-state index is 12.7. The number of carbonyl (C=O) groups excluding carboxylic acids is 1. The lowest BCUT2D eigenvalue weighted by molar-refractivity contribution is -0.140. The number of anilines is 2. The average molecular weight is 455 g/mol. The summed E-state index contributed by atoms with van der Waals surface area (Å²) in [5, 5.41) is 7.06. The van der Waals surface area contributed by atoms with Crippen molar-refractivity contribution in [1.82, 2.24) is 15.2 Å². The molecule has 1 aromatic carbocycles. The van der Waals surface area contributed by atoms with Gasteiger partial charge in [0.15, 0.2) is 10.8 Å². The van der Waals surface area contributed by atoms with Crippen LogP contribution >= 0.6 is 11.3 Å². The number of alkyl halides is 3. The second-order valence-electron chi connectivity index (χ2n) is 8.16. The van der Waals surface area contributed by atoms with Gasteiger partial charge in [0, 0.05) is 36.2 Å². The quantitative estimate of drug-likeness (QED) is 0.589. The topological polar surface area (TPSA) is 57.3 Å². The lowest BCUT2D eigenvalue weighted by atomic mass is 9.97. The maximum absolute atomic E-state index is 12.7. The third-order valence-corrected chi connectivity index (χ3v) is 6.65. The van der Waals surface area contributed by atoms with Crippen LogP contribution in [0.15, 0.2) is 29.6 Å². The van der Waals surface area contributed by atoms with Crippen molar-refractivity contribution in [3.05, 3.63) is 40.9 Å². The largest absolute Gasteiger partial charge is 0.434 e. The highest BCUT2D eigenvalue weighted by atomic mass is 32.1. The molecular formula is C22H29F3N4OS. The molecule has 0 spiro atoms. The van der Waals surface area contributed by atoms with Crippen LogP contribution < -0.4 is 10.6 Å². The number of hydrogen-bond acceptors (Lipinski definition) is 5. The van der Waals surface area contributed by atoms with Crippen molar-refractivity contribution in [2.45, 2.75) is 64.2 Å². The number of nitrogens with one attached hydrogen (secondary N) is 2. The van der Waals surface area contributed by atoms with E-state index < -0.39 is 11.9 Å². The van der Waals surface area contributed by atoms with Gasteiger partial charge in [-0.3, -0.25) is 9.69 Å². The first-order chi connectivity index (χ1) is 14.6. The molecule has 5 nitrogen and oxygen atoms in total. The Hall–Kier alpha value is -2.13. The summed E-state index contributed by atoms with van der Waals surface area (Å²) in [6, 6.07) is 8.18. The zero-order valence-corrected chi connectivity index (χ0v) is 18.8. The summed E-state index contributed by atoms with van der Waals surface area (Å²) in [5.41, 5.74) is 0.556. The van der Waals surface area contributed by atoms with E-state index in [1.807, 2.05) is 6.92 Å². The number of aromatic nitrogens is 1. The van der Waals surface area contributed by atoms with E-state index in [0.717, 1.165) is 28.8 Å². The Morgan fingerprint density at radius 2 is 1.87 bits per heavy atom. The first kappa shape index (κ1) is 23.5. The number of nitrogens with zero attached hydrogens (tertiary/aromatic N) is 2. The van der Waals surface area contributed by atoms with Gasteiger partial charge in [0.2, 0.25) is 5.91 Å². The highest BCUT2D eigenvalue weighted by Crippen LogP contribution is 2.32. The number of likely N-dealkylation sites (tertiary alicyclic amines) is 1. The molecule has 3 unspecified atom stereocenters. The number of benzene rings is 1. The van der Waals surface area contributed by atoms with Crippen molar-refractivity contribution < 1.29 is 18.0 Å². The fraction of sp³-hybridized carbons (Fsp3) is 0.545. The Labute approximate surface area is 185 Å². The van der Waals surface area contributed by atoms with Gasteiger partial charge in [-0.05, 0) is 51.3 Å². The van der Waals surface area contributed by atoms with Crippen LogP contribution in [0, 0.1) is 0 Å². The van der Waals surface area contributed by atoms with Gasteiger partial charge < -0.3 is 10.6 Å². The molecule has 3 rings (SSSR count). The van der Waals surface area contributed by atoms with Crippen LogP contribution in [0.3, 0.4) is 0 Å². The molecule has 1 aliphatic heterocycles. The summed E-state index contributed by atoms with van der Waals surface area (Å²) in [6.45, 7) is 7.79. The van der Waals surface area contributed by atoms with Gasteiger partial charge >= 0.3 is 6.18 Å². The van der Waals surface area contributed by atoms with Crippen molar-refractivity contribution in [3.8, 4) is 0 Å². The molecule has 2 N–H and O–H groups in total. The van der Waals surface area contributed by atoms with E-state index in [-0.39, 0.29) is 17.0 Å². The second kappa shape index (κ2) is 9.99. The van der Waals surface area contributed by atoms with Crippen molar-refractivity contribution in [3.63, 3.8) is 0 Å². The molecule has 170 valence electrons. The monoisotopic (exact) mass is 454 g/mol. The smallest absolute Gasteiger partial charge is 0.354 e. The van der Waals surface area contributed by atoms with E-state index in [0.29, 0.717) is 24.3 Å². The Kier molecular flexibility index (Phi) is 7.59. The minimum absolute atomic E-state index is 0.0345. The summed E-state index contributed by atoms with van der Waals surface area (Å²) in [7, 11) is 0. The number of halogens is 3. The van der Waals surface area contributed by atoms with Gasteiger partial charge in [-0.1, -0.05) is 18.6 Å². The van der Waals surface area contributed by atoms with E-state index >= 15 is 0 Å². The molecule has 31 heavy (non-hydrogen) atoms. The van der Waals surface area contributed by atoms with Crippen molar-refractivity contribution in [2.75, 3.05) is 18.4 Å². The molecule has 3 atom stereocenters. The fourth-order valence-electron chi connectivity index (χ4n) is 3.97. The second-order valence-corrected chi connectivity index (χ2v) is 9.02. The van der Waals surface area contributed by atoms with Crippen molar-refractivity contribution in [1.29, 1.82) is 0 Å². The van der Waals surface area contributed by atoms with E-state index in [2.05, 4.69) is 34.4 Å². The molecule has 1 amide bonds. The number of carbonyl (C=O) groups is 1. The summed E-state index contributed by atoms with van der Waals surface area (Å²) < 4.78 is 38.0. The summed E-state index contributed by atoms with van der Waals surface area (Å²) in [6.07, 6.45) is -0.784. The van der Waals surface area contributed by atoms with Crippen molar-refractivity contribution >= 4 is 28.1 Å². The van der Waals surface area contributed by atoms with Crippen molar-refractivity contribution in [2.24, 2.45) is 0 Å². The predicted molar refractivity (Wildman–Crippen MR) is 118 cm³/mol. The molecule has 2 aromatic rings. The van der Waals surface area contributed by atoms with Crippen LogP contribution in [0.5, 0.6) is 0 Å². The normalized spacial score (nSPS) is 21.0. The summed E-state index contributed by atoms with van der Waals surface area (Å²) in [5.74, 6) is -0.352. The Bertz CT molecular complexity index is 858. The van der Waals surface area contributed by atoms with Gasteiger partial charge in [-0.2, -0.15) is 13.2 Å². The van der Waals surface area contributed by atoms with Gasteiger partial charge in [0.25, 0.3) is 0 Å². The van der Waals surface area contributed by atoms with Crippen LogP contribution in [0.1, 0.15) is 57.2 Å². The maximum Gasteiger partial charge on any atom is 0.434 e. The summed E-state index contributed by atoms with van der Waals surface area (Å²) >= 11 is 0.897. The lowest BCUT2D eigenvalue weighted by Crippen LogP contribution is -2.47. The van der Waals surface area contributed by atoms with Crippen LogP contribution in [-0.4, -0.2) is 41.0 Å². The molecule has 1 fully saturated rings.